The Bertz CT molecular complexity index is 976. The summed E-state index contributed by atoms with van der Waals surface area (Å²) in [6.07, 6.45) is 1.20. The highest BCUT2D eigenvalue weighted by Gasteiger charge is 2.40. The Kier molecular flexibility index (Phi) is 6.95. The highest BCUT2D eigenvalue weighted by Crippen LogP contribution is 2.40. The van der Waals surface area contributed by atoms with E-state index < -0.39 is 25.2 Å². The van der Waals surface area contributed by atoms with Crippen LogP contribution in [0.5, 0.6) is 0 Å². The lowest BCUT2D eigenvalue weighted by atomic mass is 9.78. The second kappa shape index (κ2) is 9.85. The molecule has 5 nitrogen and oxygen atoms in total. The maximum absolute atomic E-state index is 13.0. The molecule has 7 heteroatoms. The fourth-order valence-corrected chi connectivity index (χ4v) is 4.43. The molecule has 0 aliphatic heterocycles. The van der Waals surface area contributed by atoms with Gasteiger partial charge in [0.25, 0.3) is 6.43 Å². The molecule has 3 aromatic rings. The molecule has 2 N–H and O–H groups in total. The van der Waals surface area contributed by atoms with E-state index in [1.54, 1.807) is 12.4 Å². The second-order valence-electron chi connectivity index (χ2n) is 8.21. The van der Waals surface area contributed by atoms with Gasteiger partial charge in [-0.3, -0.25) is 0 Å². The molecule has 0 bridgehead atoms. The number of aromatic nitrogens is 2. The van der Waals surface area contributed by atoms with Gasteiger partial charge in [-0.2, -0.15) is 0 Å². The van der Waals surface area contributed by atoms with E-state index >= 15 is 0 Å². The van der Waals surface area contributed by atoms with Crippen LogP contribution >= 0.6 is 0 Å². The van der Waals surface area contributed by atoms with Gasteiger partial charge in [0.1, 0.15) is 12.3 Å². The molecular weight excluding hydrogens is 402 g/mol. The SMILES string of the molecule is Cc1ccc(COC2CCCC(C(O)c3c[nH]c4ncccc34)C2OCC(F)F)cc1. The van der Waals surface area contributed by atoms with Crippen LogP contribution in [0.15, 0.2) is 48.8 Å². The smallest absolute Gasteiger partial charge is 0.261 e. The normalized spacial score (nSPS) is 22.8. The fraction of sp³-hybridized carbons (Fsp3) is 0.458. The first-order valence-electron chi connectivity index (χ1n) is 10.7. The van der Waals surface area contributed by atoms with Gasteiger partial charge in [0.15, 0.2) is 0 Å². The first-order valence-corrected chi connectivity index (χ1v) is 10.7. The van der Waals surface area contributed by atoms with Crippen molar-refractivity contribution in [2.45, 2.75) is 57.5 Å². The van der Waals surface area contributed by atoms with Gasteiger partial charge in [0, 0.05) is 29.3 Å². The van der Waals surface area contributed by atoms with Crippen LogP contribution in [0.3, 0.4) is 0 Å². The Labute approximate surface area is 180 Å². The number of halogens is 2. The molecule has 2 heterocycles. The molecule has 1 aliphatic rings. The van der Waals surface area contributed by atoms with E-state index in [-0.39, 0.29) is 12.0 Å². The Balaban J connectivity index is 1.53. The number of alkyl halides is 2. The number of nitrogens with zero attached hydrogens (tertiary/aromatic N) is 1. The fourth-order valence-electron chi connectivity index (χ4n) is 4.43. The number of rotatable bonds is 8. The number of benzene rings is 1. The highest BCUT2D eigenvalue weighted by atomic mass is 19.3. The zero-order chi connectivity index (χ0) is 21.8. The summed E-state index contributed by atoms with van der Waals surface area (Å²) in [5.74, 6) is -0.352. The molecule has 2 aromatic heterocycles. The molecule has 1 aliphatic carbocycles. The van der Waals surface area contributed by atoms with Crippen molar-refractivity contribution in [1.82, 2.24) is 9.97 Å². The summed E-state index contributed by atoms with van der Waals surface area (Å²) >= 11 is 0. The second-order valence-corrected chi connectivity index (χ2v) is 8.21. The molecule has 1 aromatic carbocycles. The van der Waals surface area contributed by atoms with Crippen LogP contribution < -0.4 is 0 Å². The number of aromatic amines is 1. The molecule has 1 saturated carbocycles. The van der Waals surface area contributed by atoms with Gasteiger partial charge in [-0.1, -0.05) is 36.2 Å². The van der Waals surface area contributed by atoms with Crippen LogP contribution in [0.2, 0.25) is 0 Å². The van der Waals surface area contributed by atoms with Gasteiger partial charge in [-0.25, -0.2) is 13.8 Å². The van der Waals surface area contributed by atoms with Crippen molar-refractivity contribution >= 4 is 11.0 Å². The third-order valence-electron chi connectivity index (χ3n) is 6.02. The lowest BCUT2D eigenvalue weighted by Crippen LogP contribution is -2.44. The first-order chi connectivity index (χ1) is 15.0. The van der Waals surface area contributed by atoms with Crippen molar-refractivity contribution in [3.63, 3.8) is 0 Å². The zero-order valence-electron chi connectivity index (χ0n) is 17.5. The van der Waals surface area contributed by atoms with E-state index in [4.69, 9.17) is 9.47 Å². The lowest BCUT2D eigenvalue weighted by Gasteiger charge is -2.40. The van der Waals surface area contributed by atoms with E-state index in [1.165, 1.54) is 0 Å². The topological polar surface area (TPSA) is 67.4 Å². The van der Waals surface area contributed by atoms with Crippen molar-refractivity contribution in [1.29, 1.82) is 0 Å². The number of H-pyrrole nitrogens is 1. The molecule has 166 valence electrons. The summed E-state index contributed by atoms with van der Waals surface area (Å²) in [5.41, 5.74) is 3.57. The molecule has 4 unspecified atom stereocenters. The summed E-state index contributed by atoms with van der Waals surface area (Å²) in [7, 11) is 0. The Hall–Kier alpha value is -2.35. The molecule has 0 radical (unpaired) electrons. The van der Waals surface area contributed by atoms with Crippen molar-refractivity contribution in [3.05, 3.63) is 65.5 Å². The number of hydrogen-bond acceptors (Lipinski definition) is 4. The largest absolute Gasteiger partial charge is 0.388 e. The molecule has 0 spiro atoms. The number of hydrogen-bond donors (Lipinski definition) is 2. The predicted molar refractivity (Wildman–Crippen MR) is 114 cm³/mol. The van der Waals surface area contributed by atoms with Gasteiger partial charge < -0.3 is 19.6 Å². The van der Waals surface area contributed by atoms with E-state index in [9.17, 15) is 13.9 Å². The number of aryl methyl sites for hydroxylation is 1. The van der Waals surface area contributed by atoms with Crippen LogP contribution in [0, 0.1) is 12.8 Å². The minimum Gasteiger partial charge on any atom is -0.388 e. The quantitative estimate of drug-likeness (QED) is 0.531. The average Bonchev–Trinajstić information content (AvgIpc) is 3.21. The standard InChI is InChI=1S/C24H28F2N2O3/c1-15-7-9-16(10-8-15)13-30-20-6-2-4-18(23(20)31-14-21(25)26)22(29)19-12-28-24-17(19)5-3-11-27-24/h3,5,7-12,18,20-23,29H,2,4,6,13-14H2,1H3,(H,27,28). The molecule has 4 rings (SSSR count). The summed E-state index contributed by atoms with van der Waals surface area (Å²) in [6, 6.07) is 11.7. The Morgan fingerprint density at radius 1 is 1.16 bits per heavy atom. The molecule has 31 heavy (non-hydrogen) atoms. The third-order valence-corrected chi connectivity index (χ3v) is 6.02. The number of pyridine rings is 1. The minimum absolute atomic E-state index is 0.352. The van der Waals surface area contributed by atoms with Crippen LogP contribution in [-0.4, -0.2) is 40.3 Å². The Morgan fingerprint density at radius 3 is 2.74 bits per heavy atom. The van der Waals surface area contributed by atoms with Crippen LogP contribution in [-0.2, 0) is 16.1 Å². The van der Waals surface area contributed by atoms with Crippen LogP contribution in [0.1, 0.15) is 42.1 Å². The van der Waals surface area contributed by atoms with Gasteiger partial charge in [-0.05, 0) is 37.5 Å². The maximum Gasteiger partial charge on any atom is 0.261 e. The maximum atomic E-state index is 13.0. The molecule has 0 amide bonds. The summed E-state index contributed by atoms with van der Waals surface area (Å²) in [6.45, 7) is 1.72. The molecule has 4 atom stereocenters. The Morgan fingerprint density at radius 2 is 1.97 bits per heavy atom. The van der Waals surface area contributed by atoms with Gasteiger partial charge in [-0.15, -0.1) is 0 Å². The monoisotopic (exact) mass is 430 g/mol. The highest BCUT2D eigenvalue weighted by molar-refractivity contribution is 5.79. The van der Waals surface area contributed by atoms with Gasteiger partial charge >= 0.3 is 0 Å². The zero-order valence-corrected chi connectivity index (χ0v) is 17.5. The van der Waals surface area contributed by atoms with Gasteiger partial charge in [0.2, 0.25) is 0 Å². The number of aliphatic hydroxyl groups is 1. The molecule has 0 saturated heterocycles. The van der Waals surface area contributed by atoms with E-state index in [2.05, 4.69) is 9.97 Å². The molecular formula is C24H28F2N2O3. The molecule has 1 fully saturated rings. The van der Waals surface area contributed by atoms with Crippen molar-refractivity contribution in [3.8, 4) is 0 Å². The first kappa shape index (κ1) is 21.9. The van der Waals surface area contributed by atoms with E-state index in [0.29, 0.717) is 30.7 Å². The average molecular weight is 430 g/mol. The number of ether oxygens (including phenoxy) is 2. The van der Waals surface area contributed by atoms with Gasteiger partial charge in [0.05, 0.1) is 24.9 Å². The van der Waals surface area contributed by atoms with Crippen molar-refractivity contribution in [2.75, 3.05) is 6.61 Å². The lowest BCUT2D eigenvalue weighted by molar-refractivity contribution is -0.158. The van der Waals surface area contributed by atoms with E-state index in [0.717, 1.165) is 22.9 Å². The van der Waals surface area contributed by atoms with Crippen molar-refractivity contribution < 1.29 is 23.4 Å². The third kappa shape index (κ3) is 5.11. The summed E-state index contributed by atoms with van der Waals surface area (Å²) in [5, 5.41) is 12.1. The number of aliphatic hydroxyl groups excluding tert-OH is 1. The number of fused-ring (bicyclic) bond motifs is 1. The van der Waals surface area contributed by atoms with Crippen LogP contribution in [0.25, 0.3) is 11.0 Å². The van der Waals surface area contributed by atoms with E-state index in [1.807, 2.05) is 43.3 Å². The van der Waals surface area contributed by atoms with Crippen molar-refractivity contribution in [2.24, 2.45) is 5.92 Å². The number of nitrogens with one attached hydrogen (secondary N) is 1. The summed E-state index contributed by atoms with van der Waals surface area (Å²) < 4.78 is 37.7. The predicted octanol–water partition coefficient (Wildman–Crippen LogP) is 4.94. The van der Waals surface area contributed by atoms with Crippen LogP contribution in [0.4, 0.5) is 8.78 Å². The summed E-state index contributed by atoms with van der Waals surface area (Å²) in [4.78, 5) is 7.34. The minimum atomic E-state index is -2.57.